The Balaban J connectivity index is 1.54. The van der Waals surface area contributed by atoms with Gasteiger partial charge in [-0.15, -0.1) is 0 Å². The third-order valence-corrected chi connectivity index (χ3v) is 4.64. The van der Waals surface area contributed by atoms with Crippen LogP contribution in [-0.2, 0) is 0 Å². The Hall–Kier alpha value is -3.60. The van der Waals surface area contributed by atoms with E-state index in [1.54, 1.807) is 11.1 Å². The Kier molecular flexibility index (Phi) is 4.34. The van der Waals surface area contributed by atoms with Crippen LogP contribution in [0.15, 0.2) is 42.9 Å². The topological polar surface area (TPSA) is 98.9 Å². The van der Waals surface area contributed by atoms with E-state index in [9.17, 15) is 10.1 Å². The molecule has 8 nitrogen and oxygen atoms in total. The van der Waals surface area contributed by atoms with Crippen LogP contribution in [0.5, 0.6) is 0 Å². The van der Waals surface area contributed by atoms with Gasteiger partial charge in [0.05, 0.1) is 17.2 Å². The van der Waals surface area contributed by atoms with Gasteiger partial charge in [-0.2, -0.15) is 5.26 Å². The number of hydrogen-bond acceptors (Lipinski definition) is 7. The van der Waals surface area contributed by atoms with Crippen LogP contribution in [0.4, 0.5) is 5.82 Å². The molecule has 1 amide bonds. The van der Waals surface area contributed by atoms with Crippen LogP contribution < -0.4 is 4.90 Å². The summed E-state index contributed by atoms with van der Waals surface area (Å²) in [4.78, 5) is 33.9. The number of carbonyl (C=O) groups is 1. The fraction of sp³-hybridized carbons (Fsp3) is 0.263. The van der Waals surface area contributed by atoms with Gasteiger partial charge in [0, 0.05) is 38.1 Å². The molecule has 1 saturated heterocycles. The molecular formula is C19H17N7O. The number of nitrogens with zero attached hydrogens (tertiary/aromatic N) is 7. The molecule has 1 aromatic carbocycles. The number of benzene rings is 1. The smallest absolute Gasteiger partial charge is 0.274 e. The maximum atomic E-state index is 12.9. The summed E-state index contributed by atoms with van der Waals surface area (Å²) in [6.07, 6.45) is 4.60. The van der Waals surface area contributed by atoms with Crippen LogP contribution >= 0.6 is 0 Å². The Labute approximate surface area is 156 Å². The van der Waals surface area contributed by atoms with Crippen LogP contribution in [0, 0.1) is 11.3 Å². The van der Waals surface area contributed by atoms with Gasteiger partial charge < -0.3 is 9.80 Å². The van der Waals surface area contributed by atoms with E-state index < -0.39 is 0 Å². The van der Waals surface area contributed by atoms with Crippen molar-refractivity contribution in [3.05, 3.63) is 54.2 Å². The number of piperazine rings is 1. The van der Waals surface area contributed by atoms with Crippen LogP contribution in [0.2, 0.25) is 0 Å². The van der Waals surface area contributed by atoms with Crippen LogP contribution in [0.25, 0.3) is 11.0 Å². The zero-order valence-corrected chi connectivity index (χ0v) is 14.8. The predicted molar refractivity (Wildman–Crippen MR) is 99.0 cm³/mol. The number of nitriles is 1. The van der Waals surface area contributed by atoms with Gasteiger partial charge in [-0.1, -0.05) is 12.1 Å². The molecule has 1 atom stereocenters. The minimum absolute atomic E-state index is 0.0620. The van der Waals surface area contributed by atoms with E-state index in [0.717, 1.165) is 5.52 Å². The van der Waals surface area contributed by atoms with E-state index in [4.69, 9.17) is 0 Å². The number of carbonyl (C=O) groups excluding carboxylic acids is 1. The fourth-order valence-corrected chi connectivity index (χ4v) is 3.30. The highest BCUT2D eigenvalue weighted by Crippen LogP contribution is 2.20. The average molecular weight is 359 g/mol. The molecule has 1 fully saturated rings. The molecule has 3 heterocycles. The van der Waals surface area contributed by atoms with Crippen molar-refractivity contribution in [2.75, 3.05) is 24.5 Å². The fourth-order valence-electron chi connectivity index (χ4n) is 3.30. The zero-order valence-electron chi connectivity index (χ0n) is 14.8. The van der Waals surface area contributed by atoms with E-state index in [0.29, 0.717) is 42.4 Å². The minimum atomic E-state index is -0.139. The van der Waals surface area contributed by atoms with Crippen molar-refractivity contribution in [1.29, 1.82) is 5.26 Å². The molecule has 0 saturated carbocycles. The SMILES string of the molecule is CC1CN(c2nccnc2C#N)CCN1C(=O)c1cnc2ccccc2n1. The van der Waals surface area contributed by atoms with Crippen LogP contribution in [0.3, 0.4) is 0 Å². The second-order valence-electron chi connectivity index (χ2n) is 6.38. The monoisotopic (exact) mass is 359 g/mol. The molecule has 1 aliphatic heterocycles. The predicted octanol–water partition coefficient (Wildman–Crippen LogP) is 1.64. The van der Waals surface area contributed by atoms with E-state index in [1.165, 1.54) is 12.4 Å². The summed E-state index contributed by atoms with van der Waals surface area (Å²) >= 11 is 0. The Bertz CT molecular complexity index is 1050. The number of hydrogen-bond donors (Lipinski definition) is 0. The van der Waals surface area contributed by atoms with Gasteiger partial charge in [-0.25, -0.2) is 15.0 Å². The van der Waals surface area contributed by atoms with E-state index >= 15 is 0 Å². The van der Waals surface area contributed by atoms with Gasteiger partial charge in [0.25, 0.3) is 5.91 Å². The van der Waals surface area contributed by atoms with Crippen molar-refractivity contribution in [3.63, 3.8) is 0 Å². The summed E-state index contributed by atoms with van der Waals surface area (Å²) in [5, 5.41) is 9.23. The summed E-state index contributed by atoms with van der Waals surface area (Å²) in [6.45, 7) is 3.63. The molecule has 4 rings (SSSR count). The lowest BCUT2D eigenvalue weighted by Gasteiger charge is -2.40. The molecule has 1 aliphatic rings. The molecule has 27 heavy (non-hydrogen) atoms. The first-order valence-corrected chi connectivity index (χ1v) is 8.66. The number of para-hydroxylation sites is 2. The lowest BCUT2D eigenvalue weighted by molar-refractivity contribution is 0.0667. The first-order valence-electron chi connectivity index (χ1n) is 8.66. The van der Waals surface area contributed by atoms with Crippen molar-refractivity contribution in [3.8, 4) is 6.07 Å². The summed E-state index contributed by atoms with van der Waals surface area (Å²) in [5.41, 5.74) is 2.10. The van der Waals surface area contributed by atoms with Gasteiger partial charge in [0.15, 0.2) is 11.5 Å². The quantitative estimate of drug-likeness (QED) is 0.686. The second kappa shape index (κ2) is 6.96. The summed E-state index contributed by atoms with van der Waals surface area (Å²) in [7, 11) is 0. The lowest BCUT2D eigenvalue weighted by Crippen LogP contribution is -2.54. The largest absolute Gasteiger partial charge is 0.350 e. The van der Waals surface area contributed by atoms with Crippen molar-refractivity contribution in [2.45, 2.75) is 13.0 Å². The zero-order chi connectivity index (χ0) is 18.8. The van der Waals surface area contributed by atoms with Gasteiger partial charge in [-0.3, -0.25) is 9.78 Å². The van der Waals surface area contributed by atoms with Crippen LogP contribution in [-0.4, -0.2) is 56.4 Å². The number of amides is 1. The summed E-state index contributed by atoms with van der Waals surface area (Å²) in [6, 6.07) is 9.49. The number of aromatic nitrogens is 4. The molecule has 8 heteroatoms. The first kappa shape index (κ1) is 16.8. The van der Waals surface area contributed by atoms with Crippen molar-refractivity contribution >= 4 is 22.8 Å². The van der Waals surface area contributed by atoms with E-state index in [1.807, 2.05) is 36.1 Å². The van der Waals surface area contributed by atoms with Crippen molar-refractivity contribution in [1.82, 2.24) is 24.8 Å². The molecular weight excluding hydrogens is 342 g/mol. The van der Waals surface area contributed by atoms with Gasteiger partial charge in [0.1, 0.15) is 11.8 Å². The first-order chi connectivity index (χ1) is 13.2. The highest BCUT2D eigenvalue weighted by atomic mass is 16.2. The molecule has 2 aromatic heterocycles. The second-order valence-corrected chi connectivity index (χ2v) is 6.38. The third-order valence-electron chi connectivity index (χ3n) is 4.64. The normalized spacial score (nSPS) is 17.0. The maximum Gasteiger partial charge on any atom is 0.274 e. The molecule has 3 aromatic rings. The number of fused-ring (bicyclic) bond motifs is 1. The Morgan fingerprint density at radius 1 is 1.15 bits per heavy atom. The summed E-state index contributed by atoms with van der Waals surface area (Å²) < 4.78 is 0. The molecule has 1 unspecified atom stereocenters. The highest BCUT2D eigenvalue weighted by molar-refractivity contribution is 5.94. The minimum Gasteiger partial charge on any atom is -0.350 e. The molecule has 0 aliphatic carbocycles. The van der Waals surface area contributed by atoms with E-state index in [-0.39, 0.29) is 11.9 Å². The number of anilines is 1. The van der Waals surface area contributed by atoms with E-state index in [2.05, 4.69) is 26.0 Å². The maximum absolute atomic E-state index is 12.9. The van der Waals surface area contributed by atoms with Crippen LogP contribution in [0.1, 0.15) is 23.1 Å². The highest BCUT2D eigenvalue weighted by Gasteiger charge is 2.30. The Morgan fingerprint density at radius 2 is 1.93 bits per heavy atom. The summed E-state index contributed by atoms with van der Waals surface area (Å²) in [5.74, 6) is 0.421. The number of rotatable bonds is 2. The third kappa shape index (κ3) is 3.15. The molecule has 0 N–H and O–H groups in total. The van der Waals surface area contributed by atoms with Gasteiger partial charge in [-0.05, 0) is 19.1 Å². The molecule has 0 bridgehead atoms. The average Bonchev–Trinajstić information content (AvgIpc) is 2.72. The van der Waals surface area contributed by atoms with Crippen molar-refractivity contribution < 1.29 is 4.79 Å². The standard InChI is InChI=1S/C19H17N7O/c1-13-12-25(18-16(10-20)21-6-7-22-18)8-9-26(13)19(27)17-11-23-14-4-2-3-5-15(14)24-17/h2-7,11,13H,8-9,12H2,1H3. The lowest BCUT2D eigenvalue weighted by atomic mass is 10.1. The molecule has 0 radical (unpaired) electrons. The van der Waals surface area contributed by atoms with Gasteiger partial charge in [0.2, 0.25) is 0 Å². The Morgan fingerprint density at radius 3 is 2.70 bits per heavy atom. The molecule has 134 valence electrons. The van der Waals surface area contributed by atoms with Crippen molar-refractivity contribution in [2.24, 2.45) is 0 Å². The van der Waals surface area contributed by atoms with Gasteiger partial charge >= 0.3 is 0 Å². The molecule has 0 spiro atoms.